The highest BCUT2D eigenvalue weighted by Crippen LogP contribution is 2.33. The van der Waals surface area contributed by atoms with E-state index in [2.05, 4.69) is 18.7 Å². The number of hydrogen-bond donors (Lipinski definition) is 0. The fraction of sp³-hybridized carbons (Fsp3) is 0.381. The summed E-state index contributed by atoms with van der Waals surface area (Å²) in [5.74, 6) is 0.809. The molecule has 2 atom stereocenters. The van der Waals surface area contributed by atoms with Crippen LogP contribution in [0.5, 0.6) is 11.5 Å². The van der Waals surface area contributed by atoms with E-state index in [1.54, 1.807) is 24.1 Å². The van der Waals surface area contributed by atoms with E-state index >= 15 is 0 Å². The Labute approximate surface area is 159 Å². The Morgan fingerprint density at radius 2 is 1.59 bits per heavy atom. The van der Waals surface area contributed by atoms with Crippen LogP contribution in [0.4, 0.5) is 10.1 Å². The largest absolute Gasteiger partial charge is 0.497 e. The van der Waals surface area contributed by atoms with Gasteiger partial charge in [-0.1, -0.05) is 13.8 Å². The molecule has 0 N–H and O–H groups in total. The molecule has 0 spiro atoms. The SMILES string of the molecule is CCN(CC)C[C@@H]1[C@H](Oc2ccc(F)cc2)C(=O)N1c1ccc(OC)cc1. The van der Waals surface area contributed by atoms with Gasteiger partial charge in [0.05, 0.1) is 13.2 Å². The Bertz CT molecular complexity index is 760. The lowest BCUT2D eigenvalue weighted by molar-refractivity contribution is -0.135. The minimum atomic E-state index is -0.585. The number of likely N-dealkylation sites (N-methyl/N-ethyl adjacent to an activating group) is 1. The van der Waals surface area contributed by atoms with Crippen molar-refractivity contribution in [2.45, 2.75) is 26.0 Å². The number of amides is 1. The molecule has 6 heteroatoms. The maximum Gasteiger partial charge on any atom is 0.270 e. The second-order valence-electron chi connectivity index (χ2n) is 6.45. The molecule has 2 aromatic carbocycles. The average Bonchev–Trinajstić information content (AvgIpc) is 2.70. The fourth-order valence-corrected chi connectivity index (χ4v) is 3.29. The third-order valence-electron chi connectivity index (χ3n) is 4.93. The second-order valence-corrected chi connectivity index (χ2v) is 6.45. The normalized spacial score (nSPS) is 19.1. The van der Waals surface area contributed by atoms with Crippen molar-refractivity contribution in [3.63, 3.8) is 0 Å². The van der Waals surface area contributed by atoms with Gasteiger partial charge in [-0.3, -0.25) is 4.79 Å². The Hall–Kier alpha value is -2.60. The van der Waals surface area contributed by atoms with Crippen LogP contribution in [-0.4, -0.2) is 49.7 Å². The molecular weight excluding hydrogens is 347 g/mol. The van der Waals surface area contributed by atoms with Gasteiger partial charge in [0.2, 0.25) is 0 Å². The summed E-state index contributed by atoms with van der Waals surface area (Å²) in [7, 11) is 1.61. The first-order valence-corrected chi connectivity index (χ1v) is 9.19. The summed E-state index contributed by atoms with van der Waals surface area (Å²) < 4.78 is 24.2. The summed E-state index contributed by atoms with van der Waals surface area (Å²) in [6, 6.07) is 13.1. The van der Waals surface area contributed by atoms with E-state index in [0.29, 0.717) is 12.3 Å². The first kappa shape index (κ1) is 19.2. The number of carbonyl (C=O) groups is 1. The van der Waals surface area contributed by atoms with E-state index in [1.807, 2.05) is 24.3 Å². The molecule has 1 aliphatic rings. The summed E-state index contributed by atoms with van der Waals surface area (Å²) in [5.41, 5.74) is 0.817. The molecule has 1 fully saturated rings. The average molecular weight is 372 g/mol. The molecule has 3 rings (SSSR count). The number of rotatable bonds is 8. The molecule has 0 saturated carbocycles. The summed E-state index contributed by atoms with van der Waals surface area (Å²) in [5, 5.41) is 0. The van der Waals surface area contributed by atoms with Crippen molar-refractivity contribution < 1.29 is 18.7 Å². The predicted molar refractivity (Wildman–Crippen MR) is 103 cm³/mol. The fourth-order valence-electron chi connectivity index (χ4n) is 3.29. The van der Waals surface area contributed by atoms with Crippen molar-refractivity contribution in [2.75, 3.05) is 31.6 Å². The van der Waals surface area contributed by atoms with Gasteiger partial charge in [-0.15, -0.1) is 0 Å². The lowest BCUT2D eigenvalue weighted by Gasteiger charge is -2.48. The molecule has 1 amide bonds. The van der Waals surface area contributed by atoms with E-state index < -0.39 is 6.10 Å². The topological polar surface area (TPSA) is 42.0 Å². The van der Waals surface area contributed by atoms with Crippen molar-refractivity contribution in [2.24, 2.45) is 0 Å². The van der Waals surface area contributed by atoms with Crippen LogP contribution in [0.3, 0.4) is 0 Å². The number of ether oxygens (including phenoxy) is 2. The number of anilines is 1. The molecule has 0 unspecified atom stereocenters. The van der Waals surface area contributed by atoms with E-state index in [-0.39, 0.29) is 17.8 Å². The summed E-state index contributed by atoms with van der Waals surface area (Å²) in [6.45, 7) is 6.67. The number of hydrogen-bond acceptors (Lipinski definition) is 4. The molecule has 0 aromatic heterocycles. The molecule has 1 heterocycles. The predicted octanol–water partition coefficient (Wildman–Crippen LogP) is 3.34. The zero-order valence-corrected chi connectivity index (χ0v) is 15.9. The smallest absolute Gasteiger partial charge is 0.270 e. The van der Waals surface area contributed by atoms with Gasteiger partial charge in [-0.25, -0.2) is 4.39 Å². The van der Waals surface area contributed by atoms with E-state index in [0.717, 1.165) is 24.5 Å². The zero-order valence-electron chi connectivity index (χ0n) is 15.9. The van der Waals surface area contributed by atoms with Crippen LogP contribution in [0.1, 0.15) is 13.8 Å². The van der Waals surface area contributed by atoms with Crippen molar-refractivity contribution in [3.05, 3.63) is 54.3 Å². The molecule has 27 heavy (non-hydrogen) atoms. The quantitative estimate of drug-likeness (QED) is 0.667. The molecule has 0 aliphatic carbocycles. The maximum atomic E-state index is 13.1. The molecule has 0 radical (unpaired) electrons. The maximum absolute atomic E-state index is 13.1. The lowest BCUT2D eigenvalue weighted by atomic mass is 9.95. The Balaban J connectivity index is 1.81. The number of halogens is 1. The van der Waals surface area contributed by atoms with Crippen LogP contribution >= 0.6 is 0 Å². The molecule has 1 saturated heterocycles. The van der Waals surface area contributed by atoms with Gasteiger partial charge in [0.25, 0.3) is 5.91 Å². The monoisotopic (exact) mass is 372 g/mol. The van der Waals surface area contributed by atoms with Gasteiger partial charge in [0.1, 0.15) is 17.3 Å². The summed E-state index contributed by atoms with van der Waals surface area (Å²) in [6.07, 6.45) is -0.585. The molecule has 2 aromatic rings. The third-order valence-corrected chi connectivity index (χ3v) is 4.93. The van der Waals surface area contributed by atoms with Crippen molar-refractivity contribution in [1.29, 1.82) is 0 Å². The first-order valence-electron chi connectivity index (χ1n) is 9.19. The van der Waals surface area contributed by atoms with Gasteiger partial charge in [-0.05, 0) is 61.6 Å². The van der Waals surface area contributed by atoms with Crippen molar-refractivity contribution in [3.8, 4) is 11.5 Å². The Morgan fingerprint density at radius 3 is 2.15 bits per heavy atom. The third kappa shape index (κ3) is 4.06. The molecular formula is C21H25FN2O3. The van der Waals surface area contributed by atoms with Crippen LogP contribution in [0.15, 0.2) is 48.5 Å². The molecule has 5 nitrogen and oxygen atoms in total. The summed E-state index contributed by atoms with van der Waals surface area (Å²) >= 11 is 0. The Morgan fingerprint density at radius 1 is 1.00 bits per heavy atom. The first-order chi connectivity index (χ1) is 13.1. The van der Waals surface area contributed by atoms with Crippen LogP contribution in [0.2, 0.25) is 0 Å². The van der Waals surface area contributed by atoms with Crippen LogP contribution in [0.25, 0.3) is 0 Å². The number of carbonyl (C=O) groups excluding carboxylic acids is 1. The minimum Gasteiger partial charge on any atom is -0.497 e. The highest BCUT2D eigenvalue weighted by Gasteiger charge is 2.50. The minimum absolute atomic E-state index is 0.0957. The Kier molecular flexibility index (Phi) is 5.96. The second kappa shape index (κ2) is 8.39. The van der Waals surface area contributed by atoms with Crippen LogP contribution in [0, 0.1) is 5.82 Å². The number of nitrogens with zero attached hydrogens (tertiary/aromatic N) is 2. The van der Waals surface area contributed by atoms with E-state index in [4.69, 9.17) is 9.47 Å². The van der Waals surface area contributed by atoms with Crippen LogP contribution < -0.4 is 14.4 Å². The molecule has 144 valence electrons. The number of β-lactam (4-membered cyclic amide) rings is 1. The zero-order chi connectivity index (χ0) is 19.4. The molecule has 0 bridgehead atoms. The molecule has 1 aliphatic heterocycles. The van der Waals surface area contributed by atoms with Gasteiger partial charge in [0.15, 0.2) is 6.10 Å². The highest BCUT2D eigenvalue weighted by atomic mass is 19.1. The van der Waals surface area contributed by atoms with E-state index in [1.165, 1.54) is 12.1 Å². The lowest BCUT2D eigenvalue weighted by Crippen LogP contribution is -2.70. The van der Waals surface area contributed by atoms with Gasteiger partial charge in [-0.2, -0.15) is 0 Å². The van der Waals surface area contributed by atoms with Crippen LogP contribution in [-0.2, 0) is 4.79 Å². The van der Waals surface area contributed by atoms with Gasteiger partial charge < -0.3 is 19.3 Å². The van der Waals surface area contributed by atoms with Gasteiger partial charge in [0, 0.05) is 12.2 Å². The summed E-state index contributed by atoms with van der Waals surface area (Å²) in [4.78, 5) is 16.9. The standard InChI is InChI=1S/C21H25FN2O3/c1-4-23(5-2)14-19-20(27-18-10-6-15(22)7-11-18)21(25)24(19)16-8-12-17(26-3)13-9-16/h6-13,19-20H,4-5,14H2,1-3H3/t19-,20+/m1/s1. The highest BCUT2D eigenvalue weighted by molar-refractivity contribution is 6.05. The number of methoxy groups -OCH3 is 1. The number of benzene rings is 2. The van der Waals surface area contributed by atoms with E-state index in [9.17, 15) is 9.18 Å². The van der Waals surface area contributed by atoms with Crippen molar-refractivity contribution in [1.82, 2.24) is 4.90 Å². The van der Waals surface area contributed by atoms with Gasteiger partial charge >= 0.3 is 0 Å². The van der Waals surface area contributed by atoms with Crippen molar-refractivity contribution >= 4 is 11.6 Å².